The van der Waals surface area contributed by atoms with Crippen molar-refractivity contribution in [1.29, 1.82) is 0 Å². The van der Waals surface area contributed by atoms with Crippen molar-refractivity contribution >= 4 is 0 Å². The average molecular weight is 202 g/mol. The molecule has 0 spiro atoms. The molecule has 0 aliphatic rings. The van der Waals surface area contributed by atoms with Gasteiger partial charge in [0.1, 0.15) is 5.69 Å². The third-order valence-corrected chi connectivity index (χ3v) is 2.02. The molecule has 78 valence electrons. The van der Waals surface area contributed by atoms with Gasteiger partial charge in [0.25, 0.3) is 0 Å². The summed E-state index contributed by atoms with van der Waals surface area (Å²) in [4.78, 5) is 5.93. The quantitative estimate of drug-likeness (QED) is 0.711. The van der Waals surface area contributed by atoms with Gasteiger partial charge in [-0.05, 0) is 32.9 Å². The second-order valence-corrected chi connectivity index (χ2v) is 4.41. The molecule has 0 unspecified atom stereocenters. The lowest BCUT2D eigenvalue weighted by Crippen LogP contribution is -2.24. The molecule has 4 nitrogen and oxygen atoms in total. The zero-order valence-corrected chi connectivity index (χ0v) is 9.18. The fraction of sp³-hybridized carbons (Fsp3) is 0.364. The zero-order valence-electron chi connectivity index (χ0n) is 9.18. The van der Waals surface area contributed by atoms with Crippen LogP contribution in [0.1, 0.15) is 20.8 Å². The van der Waals surface area contributed by atoms with Gasteiger partial charge in [0.05, 0.1) is 17.4 Å². The molecule has 0 fully saturated rings. The van der Waals surface area contributed by atoms with Gasteiger partial charge in [-0.25, -0.2) is 0 Å². The Hall–Kier alpha value is -1.71. The van der Waals surface area contributed by atoms with Crippen LogP contribution in [0.25, 0.3) is 11.4 Å². The molecule has 0 radical (unpaired) electrons. The molecule has 2 rings (SSSR count). The van der Waals surface area contributed by atoms with Crippen molar-refractivity contribution in [1.82, 2.24) is 20.0 Å². The van der Waals surface area contributed by atoms with Crippen LogP contribution >= 0.6 is 0 Å². The van der Waals surface area contributed by atoms with Crippen molar-refractivity contribution in [2.24, 2.45) is 0 Å². The Bertz CT molecular complexity index is 439. The Morgan fingerprint density at radius 2 is 1.93 bits per heavy atom. The normalized spacial score (nSPS) is 11.7. The van der Waals surface area contributed by atoms with Gasteiger partial charge < -0.3 is 0 Å². The van der Waals surface area contributed by atoms with Crippen LogP contribution in [0, 0.1) is 0 Å². The maximum atomic E-state index is 4.39. The topological polar surface area (TPSA) is 43.6 Å². The third kappa shape index (κ3) is 2.03. The SMILES string of the molecule is CC(C)(C)n1ncc(-c2ccccn2)n1. The predicted molar refractivity (Wildman–Crippen MR) is 58.2 cm³/mol. The first-order valence-corrected chi connectivity index (χ1v) is 4.91. The first-order valence-electron chi connectivity index (χ1n) is 4.91. The minimum Gasteiger partial charge on any atom is -0.254 e. The lowest BCUT2D eigenvalue weighted by atomic mass is 10.1. The van der Waals surface area contributed by atoms with E-state index in [1.807, 2.05) is 18.2 Å². The van der Waals surface area contributed by atoms with Crippen LogP contribution in [0.2, 0.25) is 0 Å². The minimum absolute atomic E-state index is 0.0902. The number of pyridine rings is 1. The summed E-state index contributed by atoms with van der Waals surface area (Å²) in [5, 5.41) is 8.62. The molecule has 0 aliphatic carbocycles. The molecule has 0 aromatic carbocycles. The maximum Gasteiger partial charge on any atom is 0.131 e. The van der Waals surface area contributed by atoms with E-state index < -0.39 is 0 Å². The van der Waals surface area contributed by atoms with Gasteiger partial charge >= 0.3 is 0 Å². The molecule has 2 aromatic rings. The highest BCUT2D eigenvalue weighted by Crippen LogP contribution is 2.15. The van der Waals surface area contributed by atoms with Crippen LogP contribution < -0.4 is 0 Å². The van der Waals surface area contributed by atoms with Gasteiger partial charge in [0.15, 0.2) is 0 Å². The van der Waals surface area contributed by atoms with Crippen molar-refractivity contribution in [3.8, 4) is 11.4 Å². The van der Waals surface area contributed by atoms with Gasteiger partial charge in [0.2, 0.25) is 0 Å². The summed E-state index contributed by atoms with van der Waals surface area (Å²) in [5.41, 5.74) is 1.58. The Morgan fingerprint density at radius 3 is 2.47 bits per heavy atom. The lowest BCUT2D eigenvalue weighted by Gasteiger charge is -2.16. The predicted octanol–water partition coefficient (Wildman–Crippen LogP) is 2.10. The van der Waals surface area contributed by atoms with Gasteiger partial charge in [-0.15, -0.1) is 0 Å². The van der Waals surface area contributed by atoms with E-state index >= 15 is 0 Å². The van der Waals surface area contributed by atoms with Gasteiger partial charge in [-0.2, -0.15) is 15.0 Å². The summed E-state index contributed by atoms with van der Waals surface area (Å²) in [6, 6.07) is 5.76. The molecule has 4 heteroatoms. The van der Waals surface area contributed by atoms with Crippen molar-refractivity contribution in [2.45, 2.75) is 26.3 Å². The van der Waals surface area contributed by atoms with E-state index in [0.29, 0.717) is 0 Å². The lowest BCUT2D eigenvalue weighted by molar-refractivity contribution is 0.313. The molecule has 0 atom stereocenters. The van der Waals surface area contributed by atoms with Crippen LogP contribution in [0.15, 0.2) is 30.6 Å². The molecule has 0 saturated carbocycles. The van der Waals surface area contributed by atoms with E-state index in [4.69, 9.17) is 0 Å². The molecule has 0 bridgehead atoms. The highest BCUT2D eigenvalue weighted by atomic mass is 15.5. The summed E-state index contributed by atoms with van der Waals surface area (Å²) >= 11 is 0. The summed E-state index contributed by atoms with van der Waals surface area (Å²) in [7, 11) is 0. The average Bonchev–Trinajstić information content (AvgIpc) is 2.67. The third-order valence-electron chi connectivity index (χ3n) is 2.02. The van der Waals surface area contributed by atoms with Crippen LogP contribution in [0.3, 0.4) is 0 Å². The Kier molecular flexibility index (Phi) is 2.26. The number of aromatic nitrogens is 4. The largest absolute Gasteiger partial charge is 0.254 e. The molecule has 2 heterocycles. The molecular weight excluding hydrogens is 188 g/mol. The summed E-state index contributed by atoms with van der Waals surface area (Å²) < 4.78 is 0. The second kappa shape index (κ2) is 3.46. The zero-order chi connectivity index (χ0) is 10.9. The van der Waals surface area contributed by atoms with Crippen LogP contribution in [0.5, 0.6) is 0 Å². The maximum absolute atomic E-state index is 4.39. The van der Waals surface area contributed by atoms with Crippen LogP contribution in [-0.4, -0.2) is 20.0 Å². The molecular formula is C11H14N4. The van der Waals surface area contributed by atoms with Crippen LogP contribution in [-0.2, 0) is 5.54 Å². The monoisotopic (exact) mass is 202 g/mol. The standard InChI is InChI=1S/C11H14N4/c1-11(2,3)15-13-8-10(14-15)9-6-4-5-7-12-9/h4-8H,1-3H3. The number of rotatable bonds is 1. The van der Waals surface area contributed by atoms with Crippen LogP contribution in [0.4, 0.5) is 0 Å². The van der Waals surface area contributed by atoms with Crippen molar-refractivity contribution < 1.29 is 0 Å². The minimum atomic E-state index is -0.0902. The van der Waals surface area contributed by atoms with Gasteiger partial charge in [0, 0.05) is 6.20 Å². The fourth-order valence-electron chi connectivity index (χ4n) is 1.22. The highest BCUT2D eigenvalue weighted by molar-refractivity contribution is 5.51. The summed E-state index contributed by atoms with van der Waals surface area (Å²) in [6.07, 6.45) is 3.50. The Labute approximate surface area is 89.0 Å². The molecule has 0 amide bonds. The fourth-order valence-corrected chi connectivity index (χ4v) is 1.22. The first kappa shape index (κ1) is 9.83. The van der Waals surface area contributed by atoms with E-state index in [1.54, 1.807) is 17.2 Å². The van der Waals surface area contributed by atoms with E-state index in [0.717, 1.165) is 11.4 Å². The van der Waals surface area contributed by atoms with Crippen molar-refractivity contribution in [3.63, 3.8) is 0 Å². The molecule has 0 N–H and O–H groups in total. The molecule has 15 heavy (non-hydrogen) atoms. The molecule has 2 aromatic heterocycles. The summed E-state index contributed by atoms with van der Waals surface area (Å²) in [6.45, 7) is 6.19. The second-order valence-electron chi connectivity index (χ2n) is 4.41. The Balaban J connectivity index is 2.37. The molecule has 0 saturated heterocycles. The van der Waals surface area contributed by atoms with Crippen molar-refractivity contribution in [2.75, 3.05) is 0 Å². The first-order chi connectivity index (χ1) is 7.07. The van der Waals surface area contributed by atoms with E-state index in [9.17, 15) is 0 Å². The van der Waals surface area contributed by atoms with E-state index in [2.05, 4.69) is 36.0 Å². The summed E-state index contributed by atoms with van der Waals surface area (Å²) in [5.74, 6) is 0. The highest BCUT2D eigenvalue weighted by Gasteiger charge is 2.16. The molecule has 0 aliphatic heterocycles. The number of hydrogen-bond donors (Lipinski definition) is 0. The smallest absolute Gasteiger partial charge is 0.131 e. The van der Waals surface area contributed by atoms with E-state index in [-0.39, 0.29) is 5.54 Å². The number of nitrogens with zero attached hydrogens (tertiary/aromatic N) is 4. The van der Waals surface area contributed by atoms with E-state index in [1.165, 1.54) is 0 Å². The van der Waals surface area contributed by atoms with Gasteiger partial charge in [-0.1, -0.05) is 6.07 Å². The van der Waals surface area contributed by atoms with Crippen molar-refractivity contribution in [3.05, 3.63) is 30.6 Å². The van der Waals surface area contributed by atoms with Gasteiger partial charge in [-0.3, -0.25) is 4.98 Å². The number of hydrogen-bond acceptors (Lipinski definition) is 3. The Morgan fingerprint density at radius 1 is 1.13 bits per heavy atom.